The number of rotatable bonds is 4. The van der Waals surface area contributed by atoms with Gasteiger partial charge in [-0.05, 0) is 48.9 Å². The van der Waals surface area contributed by atoms with Crippen molar-refractivity contribution in [3.05, 3.63) is 45.9 Å². The lowest BCUT2D eigenvalue weighted by molar-refractivity contribution is 0.0678. The van der Waals surface area contributed by atoms with E-state index in [1.165, 1.54) is 10.4 Å². The highest BCUT2D eigenvalue weighted by atomic mass is 32.1. The van der Waals surface area contributed by atoms with E-state index in [2.05, 4.69) is 23.3 Å². The second-order valence-corrected chi connectivity index (χ2v) is 6.64. The molecule has 3 rings (SSSR count). The Morgan fingerprint density at radius 2 is 2.14 bits per heavy atom. The Labute approximate surface area is 128 Å². The van der Waals surface area contributed by atoms with Crippen LogP contribution in [0.2, 0.25) is 0 Å². The zero-order chi connectivity index (χ0) is 14.8. The number of aryl methyl sites for hydroxylation is 1. The highest BCUT2D eigenvalue weighted by molar-refractivity contribution is 7.10. The molecule has 0 atom stereocenters. The highest BCUT2D eigenvalue weighted by Crippen LogP contribution is 2.27. The molecule has 1 N–H and O–H groups in total. The number of carbonyl (C=O) groups is 1. The Bertz CT molecular complexity index is 624. The van der Waals surface area contributed by atoms with E-state index in [0.717, 1.165) is 32.5 Å². The minimum absolute atomic E-state index is 0.312. The summed E-state index contributed by atoms with van der Waals surface area (Å²) in [6.07, 6.45) is 3.92. The Kier molecular flexibility index (Phi) is 4.12. The second-order valence-electron chi connectivity index (χ2n) is 5.64. The minimum atomic E-state index is -0.836. The van der Waals surface area contributed by atoms with Gasteiger partial charge in [-0.1, -0.05) is 0 Å². The van der Waals surface area contributed by atoms with E-state index in [1.54, 1.807) is 6.07 Å². The molecule has 2 aromatic rings. The molecule has 1 aliphatic heterocycles. The van der Waals surface area contributed by atoms with Crippen LogP contribution in [0.5, 0.6) is 0 Å². The van der Waals surface area contributed by atoms with Gasteiger partial charge in [0.1, 0.15) is 5.69 Å². The monoisotopic (exact) mass is 304 g/mol. The molecule has 0 spiro atoms. The normalized spacial score (nSPS) is 17.2. The summed E-state index contributed by atoms with van der Waals surface area (Å²) in [5.74, 6) is -0.836. The molecule has 1 fully saturated rings. The molecule has 0 unspecified atom stereocenters. The molecule has 0 amide bonds. The molecule has 0 radical (unpaired) electrons. The number of thiophene rings is 1. The summed E-state index contributed by atoms with van der Waals surface area (Å²) in [4.78, 5) is 15.1. The number of likely N-dealkylation sites (tertiary alicyclic amines) is 1. The van der Waals surface area contributed by atoms with Crippen LogP contribution in [0.15, 0.2) is 29.8 Å². The van der Waals surface area contributed by atoms with E-state index in [4.69, 9.17) is 0 Å². The number of hydrogen-bond acceptors (Lipinski definition) is 3. The molecule has 0 saturated carbocycles. The SMILES string of the molecule is Cc1ccsc1CN1CCC(n2cccc2C(=O)O)CC1. The largest absolute Gasteiger partial charge is 0.477 e. The van der Waals surface area contributed by atoms with Crippen molar-refractivity contribution in [2.75, 3.05) is 13.1 Å². The van der Waals surface area contributed by atoms with Crippen LogP contribution >= 0.6 is 11.3 Å². The molecule has 2 aromatic heterocycles. The lowest BCUT2D eigenvalue weighted by atomic mass is 10.0. The molecule has 0 aromatic carbocycles. The van der Waals surface area contributed by atoms with Crippen molar-refractivity contribution >= 4 is 17.3 Å². The molecule has 3 heterocycles. The number of nitrogens with zero attached hydrogens (tertiary/aromatic N) is 2. The van der Waals surface area contributed by atoms with Crippen LogP contribution < -0.4 is 0 Å². The minimum Gasteiger partial charge on any atom is -0.477 e. The van der Waals surface area contributed by atoms with Gasteiger partial charge in [-0.15, -0.1) is 11.3 Å². The fourth-order valence-electron chi connectivity index (χ4n) is 3.02. The summed E-state index contributed by atoms with van der Waals surface area (Å²) in [6.45, 7) is 5.24. The first-order chi connectivity index (χ1) is 10.1. The van der Waals surface area contributed by atoms with Gasteiger partial charge in [0.2, 0.25) is 0 Å². The third-order valence-corrected chi connectivity index (χ3v) is 5.29. The van der Waals surface area contributed by atoms with Crippen molar-refractivity contribution in [2.24, 2.45) is 0 Å². The number of piperidine rings is 1. The van der Waals surface area contributed by atoms with E-state index < -0.39 is 5.97 Å². The summed E-state index contributed by atoms with van der Waals surface area (Å²) in [6, 6.07) is 5.99. The zero-order valence-corrected chi connectivity index (χ0v) is 13.0. The number of aromatic nitrogens is 1. The van der Waals surface area contributed by atoms with Crippen LogP contribution in [0.4, 0.5) is 0 Å². The van der Waals surface area contributed by atoms with Crippen LogP contribution in [-0.4, -0.2) is 33.6 Å². The zero-order valence-electron chi connectivity index (χ0n) is 12.2. The van der Waals surface area contributed by atoms with Crippen molar-refractivity contribution in [2.45, 2.75) is 32.4 Å². The molecular formula is C16H20N2O2S. The summed E-state index contributed by atoms with van der Waals surface area (Å²) < 4.78 is 1.93. The Morgan fingerprint density at radius 3 is 2.76 bits per heavy atom. The van der Waals surface area contributed by atoms with Gasteiger partial charge in [-0.3, -0.25) is 4.90 Å². The van der Waals surface area contributed by atoms with Crippen LogP contribution in [-0.2, 0) is 6.54 Å². The second kappa shape index (κ2) is 6.03. The summed E-state index contributed by atoms with van der Waals surface area (Å²) in [7, 11) is 0. The Hall–Kier alpha value is -1.59. The molecule has 0 bridgehead atoms. The first-order valence-electron chi connectivity index (χ1n) is 7.30. The quantitative estimate of drug-likeness (QED) is 0.941. The predicted molar refractivity (Wildman–Crippen MR) is 84.0 cm³/mol. The molecule has 112 valence electrons. The topological polar surface area (TPSA) is 45.5 Å². The molecule has 0 aliphatic carbocycles. The fraction of sp³-hybridized carbons (Fsp3) is 0.438. The van der Waals surface area contributed by atoms with E-state index in [1.807, 2.05) is 28.2 Å². The molecule has 4 nitrogen and oxygen atoms in total. The molecular weight excluding hydrogens is 284 g/mol. The molecule has 21 heavy (non-hydrogen) atoms. The van der Waals surface area contributed by atoms with E-state index in [0.29, 0.717) is 11.7 Å². The lowest BCUT2D eigenvalue weighted by Gasteiger charge is -2.33. The maximum atomic E-state index is 11.2. The van der Waals surface area contributed by atoms with Gasteiger partial charge in [0.25, 0.3) is 0 Å². The third kappa shape index (κ3) is 3.04. The number of aromatic carboxylic acids is 1. The summed E-state index contributed by atoms with van der Waals surface area (Å²) >= 11 is 1.82. The van der Waals surface area contributed by atoms with Crippen LogP contribution in [0, 0.1) is 6.92 Å². The van der Waals surface area contributed by atoms with E-state index >= 15 is 0 Å². The summed E-state index contributed by atoms with van der Waals surface area (Å²) in [5, 5.41) is 11.4. The van der Waals surface area contributed by atoms with Crippen molar-refractivity contribution in [3.63, 3.8) is 0 Å². The van der Waals surface area contributed by atoms with Gasteiger partial charge >= 0.3 is 5.97 Å². The third-order valence-electron chi connectivity index (χ3n) is 4.28. The van der Waals surface area contributed by atoms with Crippen LogP contribution in [0.3, 0.4) is 0 Å². The van der Waals surface area contributed by atoms with Crippen molar-refractivity contribution in [1.82, 2.24) is 9.47 Å². The van der Waals surface area contributed by atoms with E-state index in [-0.39, 0.29) is 0 Å². The summed E-state index contributed by atoms with van der Waals surface area (Å²) in [5.41, 5.74) is 1.78. The van der Waals surface area contributed by atoms with Crippen LogP contribution in [0.1, 0.15) is 39.8 Å². The first-order valence-corrected chi connectivity index (χ1v) is 8.18. The van der Waals surface area contributed by atoms with Gasteiger partial charge in [0.15, 0.2) is 0 Å². The number of carboxylic acid groups (broad SMARTS) is 1. The average molecular weight is 304 g/mol. The Morgan fingerprint density at radius 1 is 1.38 bits per heavy atom. The molecule has 5 heteroatoms. The molecule has 1 saturated heterocycles. The lowest BCUT2D eigenvalue weighted by Crippen LogP contribution is -2.34. The van der Waals surface area contributed by atoms with Gasteiger partial charge < -0.3 is 9.67 Å². The maximum absolute atomic E-state index is 11.2. The maximum Gasteiger partial charge on any atom is 0.352 e. The number of carboxylic acids is 1. The Balaban J connectivity index is 1.61. The van der Waals surface area contributed by atoms with Crippen molar-refractivity contribution in [1.29, 1.82) is 0 Å². The fourth-order valence-corrected chi connectivity index (χ4v) is 3.97. The first kappa shape index (κ1) is 14.4. The van der Waals surface area contributed by atoms with Gasteiger partial charge in [0.05, 0.1) is 0 Å². The van der Waals surface area contributed by atoms with Gasteiger partial charge in [0, 0.05) is 36.8 Å². The average Bonchev–Trinajstić information content (AvgIpc) is 3.10. The smallest absolute Gasteiger partial charge is 0.352 e. The highest BCUT2D eigenvalue weighted by Gasteiger charge is 2.23. The number of hydrogen-bond donors (Lipinski definition) is 1. The van der Waals surface area contributed by atoms with Gasteiger partial charge in [-0.25, -0.2) is 4.79 Å². The van der Waals surface area contributed by atoms with Crippen molar-refractivity contribution < 1.29 is 9.90 Å². The van der Waals surface area contributed by atoms with E-state index in [9.17, 15) is 9.90 Å². The van der Waals surface area contributed by atoms with Crippen LogP contribution in [0.25, 0.3) is 0 Å². The van der Waals surface area contributed by atoms with Crippen molar-refractivity contribution in [3.8, 4) is 0 Å². The standard InChI is InChI=1S/C16H20N2O2S/c1-12-6-10-21-15(12)11-17-8-4-13(5-9-17)18-7-2-3-14(18)16(19)20/h2-3,6-7,10,13H,4-5,8-9,11H2,1H3,(H,19,20). The predicted octanol–water partition coefficient (Wildman–Crippen LogP) is 3.39. The van der Waals surface area contributed by atoms with Gasteiger partial charge in [-0.2, -0.15) is 0 Å². The molecule has 1 aliphatic rings.